The second-order valence-electron chi connectivity index (χ2n) is 13.8. The molecule has 3 nitrogen and oxygen atoms in total. The van der Waals surface area contributed by atoms with Crippen LogP contribution in [0.3, 0.4) is 0 Å². The number of hydrogen-bond acceptors (Lipinski definition) is 3. The van der Waals surface area contributed by atoms with Gasteiger partial charge < -0.3 is 14.2 Å². The van der Waals surface area contributed by atoms with Crippen LogP contribution in [0.5, 0.6) is 17.2 Å². The van der Waals surface area contributed by atoms with Crippen LogP contribution in [0.1, 0.15) is 142 Å². The van der Waals surface area contributed by atoms with Gasteiger partial charge in [0, 0.05) is 0 Å². The molecule has 0 saturated carbocycles. The van der Waals surface area contributed by atoms with E-state index in [1.165, 1.54) is 118 Å². The fourth-order valence-electron chi connectivity index (χ4n) is 6.57. The summed E-state index contributed by atoms with van der Waals surface area (Å²) in [6.45, 7) is 13.3. The highest BCUT2D eigenvalue weighted by Crippen LogP contribution is 2.18. The third kappa shape index (κ3) is 16.0. The van der Waals surface area contributed by atoms with Gasteiger partial charge in [0.2, 0.25) is 6.71 Å². The maximum absolute atomic E-state index is 6.26. The largest absolute Gasteiger partial charge is 0.494 e. The SMILES string of the molecule is C=CCc1cc(OCCCCCCCC)ccc1B(c1ccc(OCCCCCCCC)cc1)c1ccc(OCCCCCCCC)cc1. The van der Waals surface area contributed by atoms with Gasteiger partial charge in [-0.25, -0.2) is 0 Å². The zero-order valence-electron chi connectivity index (χ0n) is 31.5. The highest BCUT2D eigenvalue weighted by molar-refractivity contribution is 6.95. The first-order valence-corrected chi connectivity index (χ1v) is 20.0. The molecule has 3 rings (SSSR count). The fourth-order valence-corrected chi connectivity index (χ4v) is 6.57. The van der Waals surface area contributed by atoms with Gasteiger partial charge in [-0.15, -0.1) is 6.58 Å². The lowest BCUT2D eigenvalue weighted by Gasteiger charge is -2.21. The predicted octanol–water partition coefficient (Wildman–Crippen LogP) is 11.1. The van der Waals surface area contributed by atoms with Gasteiger partial charge in [-0.3, -0.25) is 0 Å². The number of hydrogen-bond donors (Lipinski definition) is 0. The highest BCUT2D eigenvalue weighted by Gasteiger charge is 2.25. The maximum atomic E-state index is 6.26. The van der Waals surface area contributed by atoms with E-state index in [4.69, 9.17) is 14.2 Å². The quantitative estimate of drug-likeness (QED) is 0.0419. The van der Waals surface area contributed by atoms with Gasteiger partial charge in [-0.2, -0.15) is 0 Å². The van der Waals surface area contributed by atoms with Crippen molar-refractivity contribution in [2.24, 2.45) is 0 Å². The number of benzene rings is 3. The van der Waals surface area contributed by atoms with Crippen LogP contribution in [0.2, 0.25) is 0 Å². The predicted molar refractivity (Wildman–Crippen MR) is 214 cm³/mol. The van der Waals surface area contributed by atoms with Crippen LogP contribution in [0.15, 0.2) is 79.4 Å². The van der Waals surface area contributed by atoms with Crippen LogP contribution < -0.4 is 30.6 Å². The lowest BCUT2D eigenvalue weighted by molar-refractivity contribution is 0.304. The number of unbranched alkanes of at least 4 members (excludes halogenated alkanes) is 15. The maximum Gasteiger partial charge on any atom is 0.241 e. The van der Waals surface area contributed by atoms with E-state index in [1.807, 2.05) is 6.08 Å². The van der Waals surface area contributed by atoms with E-state index in [0.717, 1.165) is 62.8 Å². The van der Waals surface area contributed by atoms with Gasteiger partial charge >= 0.3 is 0 Å². The second-order valence-corrected chi connectivity index (χ2v) is 13.8. The van der Waals surface area contributed by atoms with Crippen LogP contribution in [-0.4, -0.2) is 26.5 Å². The van der Waals surface area contributed by atoms with Crippen molar-refractivity contribution in [1.82, 2.24) is 0 Å². The van der Waals surface area contributed by atoms with E-state index in [1.54, 1.807) is 0 Å². The molecule has 0 saturated heterocycles. The summed E-state index contributed by atoms with van der Waals surface area (Å²) < 4.78 is 18.6. The minimum atomic E-state index is 0.0720. The average molecular weight is 667 g/mol. The summed E-state index contributed by atoms with van der Waals surface area (Å²) >= 11 is 0. The summed E-state index contributed by atoms with van der Waals surface area (Å²) in [5.41, 5.74) is 5.04. The summed E-state index contributed by atoms with van der Waals surface area (Å²) in [7, 11) is 0. The molecule has 0 amide bonds. The van der Waals surface area contributed by atoms with Crippen molar-refractivity contribution in [2.75, 3.05) is 19.8 Å². The Morgan fingerprint density at radius 1 is 0.469 bits per heavy atom. The first kappa shape index (κ1) is 40.3. The van der Waals surface area contributed by atoms with Gasteiger partial charge in [0.1, 0.15) is 17.2 Å². The number of allylic oxidation sites excluding steroid dienone is 1. The first-order chi connectivity index (χ1) is 24.2. The Balaban J connectivity index is 1.74. The third-order valence-electron chi connectivity index (χ3n) is 9.52. The van der Waals surface area contributed by atoms with Gasteiger partial charge in [0.25, 0.3) is 0 Å². The molecule has 0 fully saturated rings. The molecule has 0 bridgehead atoms. The van der Waals surface area contributed by atoms with Crippen LogP contribution in [0.25, 0.3) is 0 Å². The van der Waals surface area contributed by atoms with E-state index in [2.05, 4.69) is 94.1 Å². The topological polar surface area (TPSA) is 27.7 Å². The van der Waals surface area contributed by atoms with Crippen LogP contribution in [0.4, 0.5) is 0 Å². The summed E-state index contributed by atoms with van der Waals surface area (Å²) in [5, 5.41) is 0. The minimum absolute atomic E-state index is 0.0720. The molecule has 0 aliphatic rings. The number of rotatable bonds is 29. The first-order valence-electron chi connectivity index (χ1n) is 20.0. The van der Waals surface area contributed by atoms with E-state index < -0.39 is 0 Å². The molecule has 0 aliphatic heterocycles. The van der Waals surface area contributed by atoms with E-state index in [0.29, 0.717) is 0 Å². The zero-order chi connectivity index (χ0) is 34.8. The van der Waals surface area contributed by atoms with Gasteiger partial charge in [-0.1, -0.05) is 170 Å². The monoisotopic (exact) mass is 667 g/mol. The molecule has 49 heavy (non-hydrogen) atoms. The molecule has 0 spiro atoms. The fraction of sp³-hybridized carbons (Fsp3) is 0.556. The lowest BCUT2D eigenvalue weighted by Crippen LogP contribution is -2.53. The van der Waals surface area contributed by atoms with Crippen molar-refractivity contribution in [3.8, 4) is 17.2 Å². The lowest BCUT2D eigenvalue weighted by atomic mass is 9.36. The van der Waals surface area contributed by atoms with E-state index in [9.17, 15) is 0 Å². The summed E-state index contributed by atoms with van der Waals surface area (Å²) in [6, 6.07) is 24.2. The zero-order valence-corrected chi connectivity index (χ0v) is 31.5. The minimum Gasteiger partial charge on any atom is -0.494 e. The molecule has 0 atom stereocenters. The van der Waals surface area contributed by atoms with E-state index >= 15 is 0 Å². The van der Waals surface area contributed by atoms with Crippen molar-refractivity contribution >= 4 is 23.1 Å². The molecule has 3 aromatic carbocycles. The third-order valence-corrected chi connectivity index (χ3v) is 9.52. The molecule has 0 heterocycles. The Bertz CT molecular complexity index is 1190. The molecule has 0 unspecified atom stereocenters. The molecule has 3 aromatic rings. The normalized spacial score (nSPS) is 11.0. The second kappa shape index (κ2) is 25.8. The molecular weight excluding hydrogens is 599 g/mol. The molecule has 0 radical (unpaired) electrons. The van der Waals surface area contributed by atoms with Crippen LogP contribution in [0, 0.1) is 0 Å². The van der Waals surface area contributed by atoms with Crippen LogP contribution in [-0.2, 0) is 6.42 Å². The Morgan fingerprint density at radius 2 is 0.837 bits per heavy atom. The Morgan fingerprint density at radius 3 is 1.24 bits per heavy atom. The molecule has 0 aromatic heterocycles. The molecule has 268 valence electrons. The van der Waals surface area contributed by atoms with Crippen molar-refractivity contribution in [3.05, 3.63) is 84.9 Å². The van der Waals surface area contributed by atoms with Crippen molar-refractivity contribution in [3.63, 3.8) is 0 Å². The highest BCUT2D eigenvalue weighted by atomic mass is 16.5. The Kier molecular flexibility index (Phi) is 21.2. The summed E-state index contributed by atoms with van der Waals surface area (Å²) in [4.78, 5) is 0. The average Bonchev–Trinajstić information content (AvgIpc) is 3.12. The Hall–Kier alpha value is -3.14. The summed E-state index contributed by atoms with van der Waals surface area (Å²) in [5.74, 6) is 2.84. The molecule has 4 heteroatoms. The summed E-state index contributed by atoms with van der Waals surface area (Å²) in [6.07, 6.45) is 25.6. The van der Waals surface area contributed by atoms with Crippen molar-refractivity contribution < 1.29 is 14.2 Å². The van der Waals surface area contributed by atoms with Gasteiger partial charge in [0.15, 0.2) is 0 Å². The van der Waals surface area contributed by atoms with Gasteiger partial charge in [-0.05, 0) is 67.6 Å². The molecular formula is C45H67BO3. The number of ether oxygens (including phenoxy) is 3. The smallest absolute Gasteiger partial charge is 0.241 e. The van der Waals surface area contributed by atoms with Crippen molar-refractivity contribution in [2.45, 2.75) is 143 Å². The van der Waals surface area contributed by atoms with E-state index in [-0.39, 0.29) is 6.71 Å². The van der Waals surface area contributed by atoms with Crippen molar-refractivity contribution in [1.29, 1.82) is 0 Å². The van der Waals surface area contributed by atoms with Crippen LogP contribution >= 0.6 is 0 Å². The molecule has 0 aliphatic carbocycles. The Labute approximate surface area is 301 Å². The molecule has 0 N–H and O–H groups in total. The standard InChI is InChI=1S/C45H67BO3/c1-5-9-12-15-18-21-35-47-42-29-25-40(26-30-42)46(41-27-31-43(32-28-41)48-36-22-19-16-13-10-6-2)45-34-33-44(38-39(45)24-8-4)49-37-23-20-17-14-11-7-3/h8,25-34,38H,4-7,9-24,35-37H2,1-3H3. The van der Waals surface area contributed by atoms with Gasteiger partial charge in [0.05, 0.1) is 19.8 Å².